The molecule has 1 aliphatic heterocycles. The van der Waals surface area contributed by atoms with Gasteiger partial charge in [-0.05, 0) is 53.8 Å². The lowest BCUT2D eigenvalue weighted by atomic mass is 9.72. The first-order valence-electron chi connectivity index (χ1n) is 11.3. The number of allylic oxidation sites excluding steroid dienone is 2. The van der Waals surface area contributed by atoms with Crippen molar-refractivity contribution in [3.63, 3.8) is 0 Å². The molecule has 3 aromatic carbocycles. The Bertz CT molecular complexity index is 1370. The van der Waals surface area contributed by atoms with Crippen LogP contribution in [0.4, 0.5) is 5.69 Å². The second-order valence-electron chi connectivity index (χ2n) is 8.84. The maximum absolute atomic E-state index is 13.7. The zero-order valence-electron chi connectivity index (χ0n) is 18.7. The van der Waals surface area contributed by atoms with Gasteiger partial charge in [-0.1, -0.05) is 65.7 Å². The Hall–Kier alpha value is -3.41. The second-order valence-corrected chi connectivity index (χ2v) is 9.62. The van der Waals surface area contributed by atoms with Gasteiger partial charge < -0.3 is 5.73 Å². The van der Waals surface area contributed by atoms with Crippen LogP contribution >= 0.6 is 23.2 Å². The molecule has 7 heteroatoms. The number of halogens is 2. The predicted octanol–water partition coefficient (Wildman–Crippen LogP) is 6.01. The molecule has 2 atom stereocenters. The summed E-state index contributed by atoms with van der Waals surface area (Å²) in [5.41, 5.74) is 9.31. The van der Waals surface area contributed by atoms with Gasteiger partial charge in [0, 0.05) is 41.3 Å². The zero-order chi connectivity index (χ0) is 24.7. The smallest absolute Gasteiger partial charge is 0.248 e. The fourth-order valence-corrected chi connectivity index (χ4v) is 5.57. The first-order valence-corrected chi connectivity index (χ1v) is 12.1. The Morgan fingerprint density at radius 2 is 1.57 bits per heavy atom. The van der Waals surface area contributed by atoms with Crippen LogP contribution < -0.4 is 10.6 Å². The summed E-state index contributed by atoms with van der Waals surface area (Å²) in [6.07, 6.45) is 0.946. The highest BCUT2D eigenvalue weighted by Gasteiger charge is 2.43. The predicted molar refractivity (Wildman–Crippen MR) is 137 cm³/mol. The number of carbonyl (C=O) groups excluding carboxylic acids is 3. The Morgan fingerprint density at radius 1 is 0.857 bits per heavy atom. The molecule has 0 fully saturated rings. The van der Waals surface area contributed by atoms with Crippen molar-refractivity contribution in [1.82, 2.24) is 0 Å². The molecule has 5 nitrogen and oxygen atoms in total. The van der Waals surface area contributed by atoms with Gasteiger partial charge in [0.2, 0.25) is 11.8 Å². The third-order valence-electron chi connectivity index (χ3n) is 6.77. The number of Topliss-reactive ketones (excluding diaryl/α,β-unsaturated/α-hetero) is 1. The number of nitrogens with two attached hydrogens (primary N) is 1. The molecule has 0 aromatic heterocycles. The molecule has 5 rings (SSSR count). The van der Waals surface area contributed by atoms with Crippen LogP contribution in [-0.4, -0.2) is 17.6 Å². The van der Waals surface area contributed by atoms with Crippen LogP contribution in [-0.2, 0) is 9.59 Å². The first-order chi connectivity index (χ1) is 16.8. The molecule has 2 aliphatic rings. The number of benzene rings is 3. The largest absolute Gasteiger partial charge is 0.366 e. The quantitative estimate of drug-likeness (QED) is 0.471. The number of hydrogen-bond acceptors (Lipinski definition) is 3. The van der Waals surface area contributed by atoms with E-state index < -0.39 is 11.8 Å². The molecule has 1 aliphatic carbocycles. The van der Waals surface area contributed by atoms with Gasteiger partial charge in [0.15, 0.2) is 5.78 Å². The highest BCUT2D eigenvalue weighted by molar-refractivity contribution is 6.42. The van der Waals surface area contributed by atoms with Crippen LogP contribution in [0.1, 0.15) is 52.6 Å². The number of rotatable bonds is 4. The van der Waals surface area contributed by atoms with Crippen LogP contribution in [0.15, 0.2) is 84.1 Å². The van der Waals surface area contributed by atoms with Crippen molar-refractivity contribution in [2.75, 3.05) is 4.90 Å². The van der Waals surface area contributed by atoms with Crippen LogP contribution in [0.25, 0.3) is 0 Å². The van der Waals surface area contributed by atoms with Crippen molar-refractivity contribution in [3.05, 3.63) is 111 Å². The molecule has 0 bridgehead atoms. The van der Waals surface area contributed by atoms with Gasteiger partial charge >= 0.3 is 0 Å². The molecular formula is C28H22Cl2N2O3. The number of amides is 2. The summed E-state index contributed by atoms with van der Waals surface area (Å²) in [6.45, 7) is 0. The zero-order valence-corrected chi connectivity index (χ0v) is 20.2. The van der Waals surface area contributed by atoms with Gasteiger partial charge in [0.1, 0.15) is 0 Å². The molecule has 0 spiro atoms. The van der Waals surface area contributed by atoms with Gasteiger partial charge in [-0.15, -0.1) is 0 Å². The minimum atomic E-state index is -0.547. The monoisotopic (exact) mass is 504 g/mol. The average Bonchev–Trinajstić information content (AvgIpc) is 2.85. The lowest BCUT2D eigenvalue weighted by molar-refractivity contribution is -0.120. The van der Waals surface area contributed by atoms with Crippen molar-refractivity contribution in [3.8, 4) is 0 Å². The molecular weight excluding hydrogens is 483 g/mol. The number of ketones is 1. The topological polar surface area (TPSA) is 80.5 Å². The molecule has 0 saturated heterocycles. The van der Waals surface area contributed by atoms with E-state index in [1.165, 1.54) is 0 Å². The molecule has 176 valence electrons. The van der Waals surface area contributed by atoms with E-state index in [4.69, 9.17) is 28.9 Å². The van der Waals surface area contributed by atoms with Crippen molar-refractivity contribution < 1.29 is 14.4 Å². The summed E-state index contributed by atoms with van der Waals surface area (Å²) >= 11 is 12.8. The molecule has 35 heavy (non-hydrogen) atoms. The summed E-state index contributed by atoms with van der Waals surface area (Å²) in [4.78, 5) is 40.5. The minimum absolute atomic E-state index is 0.00704. The van der Waals surface area contributed by atoms with Gasteiger partial charge in [-0.3, -0.25) is 19.3 Å². The van der Waals surface area contributed by atoms with Gasteiger partial charge in [-0.25, -0.2) is 0 Å². The third kappa shape index (κ3) is 4.26. The number of carbonyl (C=O) groups is 3. The Labute approximate surface area is 213 Å². The lowest BCUT2D eigenvalue weighted by Crippen LogP contribution is -2.42. The Kier molecular flexibility index (Phi) is 6.22. The van der Waals surface area contributed by atoms with E-state index in [0.717, 1.165) is 5.56 Å². The normalized spacial score (nSPS) is 20.1. The summed E-state index contributed by atoms with van der Waals surface area (Å²) in [7, 11) is 0. The molecule has 2 amide bonds. The molecule has 2 unspecified atom stereocenters. The van der Waals surface area contributed by atoms with Crippen LogP contribution in [0, 0.1) is 0 Å². The highest BCUT2D eigenvalue weighted by atomic mass is 35.5. The molecule has 2 N–H and O–H groups in total. The van der Waals surface area contributed by atoms with E-state index in [0.29, 0.717) is 51.0 Å². The highest BCUT2D eigenvalue weighted by Crippen LogP contribution is 2.48. The van der Waals surface area contributed by atoms with Gasteiger partial charge in [-0.2, -0.15) is 0 Å². The van der Waals surface area contributed by atoms with Crippen molar-refractivity contribution >= 4 is 46.5 Å². The molecule has 0 saturated carbocycles. The van der Waals surface area contributed by atoms with Crippen LogP contribution in [0.5, 0.6) is 0 Å². The van der Waals surface area contributed by atoms with E-state index >= 15 is 0 Å². The molecule has 0 radical (unpaired) electrons. The van der Waals surface area contributed by atoms with E-state index in [-0.39, 0.29) is 24.0 Å². The number of primary amides is 1. The summed E-state index contributed by atoms with van der Waals surface area (Å²) < 4.78 is 0. The van der Waals surface area contributed by atoms with Crippen molar-refractivity contribution in [2.45, 2.75) is 31.1 Å². The standard InChI is InChI=1S/C28H22Cl2N2O3/c29-22-8-4-7-20(27(22)30)21-15-25(34)32(19-11-9-17(10-12-19)28(31)35)23-13-18(14-24(33)26(21)23)16-5-2-1-3-6-16/h1-12,18,21H,13-15H2,(H2,31,35). The fourth-order valence-electron chi connectivity index (χ4n) is 5.13. The van der Waals surface area contributed by atoms with E-state index in [1.54, 1.807) is 41.3 Å². The Morgan fingerprint density at radius 3 is 2.26 bits per heavy atom. The van der Waals surface area contributed by atoms with Crippen LogP contribution in [0.3, 0.4) is 0 Å². The molecule has 1 heterocycles. The minimum Gasteiger partial charge on any atom is -0.366 e. The van der Waals surface area contributed by atoms with E-state index in [2.05, 4.69) is 0 Å². The van der Waals surface area contributed by atoms with E-state index in [1.807, 2.05) is 36.4 Å². The summed E-state index contributed by atoms with van der Waals surface area (Å²) in [5, 5.41) is 0.740. The van der Waals surface area contributed by atoms with Crippen molar-refractivity contribution in [2.24, 2.45) is 5.73 Å². The third-order valence-corrected chi connectivity index (χ3v) is 7.60. The fraction of sp³-hybridized carbons (Fsp3) is 0.179. The Balaban J connectivity index is 1.66. The van der Waals surface area contributed by atoms with Gasteiger partial charge in [0.05, 0.1) is 10.0 Å². The summed E-state index contributed by atoms with van der Waals surface area (Å²) in [6, 6.07) is 21.7. The number of hydrogen-bond donors (Lipinski definition) is 1. The number of anilines is 1. The van der Waals surface area contributed by atoms with Crippen molar-refractivity contribution in [1.29, 1.82) is 0 Å². The maximum Gasteiger partial charge on any atom is 0.248 e. The second kappa shape index (κ2) is 9.33. The lowest BCUT2D eigenvalue weighted by Gasteiger charge is -2.40. The maximum atomic E-state index is 13.7. The van der Waals surface area contributed by atoms with Crippen LogP contribution in [0.2, 0.25) is 10.0 Å². The SMILES string of the molecule is NC(=O)c1ccc(N2C(=O)CC(c3cccc(Cl)c3Cl)C3=C2CC(c2ccccc2)CC3=O)cc1. The van der Waals surface area contributed by atoms with E-state index in [9.17, 15) is 14.4 Å². The molecule has 3 aromatic rings. The van der Waals surface area contributed by atoms with Gasteiger partial charge in [0.25, 0.3) is 0 Å². The summed E-state index contributed by atoms with van der Waals surface area (Å²) in [5.74, 6) is -1.25. The average molecular weight is 505 g/mol. The first kappa shape index (κ1) is 23.3. The number of nitrogens with zero attached hydrogens (tertiary/aromatic N) is 1.